The topological polar surface area (TPSA) is 58.6 Å². The molecule has 0 spiro atoms. The monoisotopic (exact) mass is 243 g/mol. The van der Waals surface area contributed by atoms with Gasteiger partial charge in [0.1, 0.15) is 5.75 Å². The van der Waals surface area contributed by atoms with Gasteiger partial charge in [0.2, 0.25) is 0 Å². The normalized spacial score (nSPS) is 9.83. The Morgan fingerprint density at radius 3 is 2.33 bits per heavy atom. The Morgan fingerprint density at radius 2 is 1.67 bits per heavy atom. The fourth-order valence-corrected chi connectivity index (χ4v) is 1.69. The Kier molecular flexibility index (Phi) is 3.48. The molecule has 0 unspecified atom stereocenters. The van der Waals surface area contributed by atoms with Gasteiger partial charge in [0, 0.05) is 11.1 Å². The number of carbonyl (C=O) groups excluding carboxylic acids is 1. The minimum atomic E-state index is -0.544. The zero-order valence-corrected chi connectivity index (χ0v) is 9.88. The maximum Gasteiger partial charge on any atom is 0.411 e. The van der Waals surface area contributed by atoms with Crippen molar-refractivity contribution in [3.05, 3.63) is 48.5 Å². The number of hydrogen-bond acceptors (Lipinski definition) is 3. The van der Waals surface area contributed by atoms with Crippen LogP contribution in [0.3, 0.4) is 0 Å². The number of anilines is 1. The van der Waals surface area contributed by atoms with Crippen LogP contribution in [0.5, 0.6) is 5.75 Å². The first-order chi connectivity index (χ1) is 8.72. The van der Waals surface area contributed by atoms with Crippen LogP contribution in [0, 0.1) is 0 Å². The van der Waals surface area contributed by atoms with E-state index < -0.39 is 6.09 Å². The molecule has 0 aliphatic heterocycles. The van der Waals surface area contributed by atoms with Crippen LogP contribution in [0.1, 0.15) is 0 Å². The number of para-hydroxylation sites is 2. The molecule has 2 N–H and O–H groups in total. The van der Waals surface area contributed by atoms with Crippen LogP contribution >= 0.6 is 0 Å². The van der Waals surface area contributed by atoms with Crippen LogP contribution < -0.4 is 5.32 Å². The van der Waals surface area contributed by atoms with Crippen LogP contribution in [0.4, 0.5) is 10.5 Å². The zero-order valence-electron chi connectivity index (χ0n) is 9.88. The van der Waals surface area contributed by atoms with Gasteiger partial charge in [-0.2, -0.15) is 0 Å². The van der Waals surface area contributed by atoms with Gasteiger partial charge in [-0.15, -0.1) is 0 Å². The molecule has 2 aromatic rings. The maximum atomic E-state index is 11.3. The van der Waals surface area contributed by atoms with E-state index in [1.807, 2.05) is 18.2 Å². The van der Waals surface area contributed by atoms with Crippen molar-refractivity contribution in [3.8, 4) is 16.9 Å². The fraction of sp³-hybridized carbons (Fsp3) is 0.0714. The molecule has 0 atom stereocenters. The highest BCUT2D eigenvalue weighted by molar-refractivity contribution is 5.92. The summed E-state index contributed by atoms with van der Waals surface area (Å²) >= 11 is 0. The van der Waals surface area contributed by atoms with E-state index in [1.54, 1.807) is 30.3 Å². The van der Waals surface area contributed by atoms with E-state index >= 15 is 0 Å². The number of phenolic OH excluding ortho intramolecular Hbond substituents is 1. The van der Waals surface area contributed by atoms with Crippen molar-refractivity contribution in [2.45, 2.75) is 0 Å². The largest absolute Gasteiger partial charge is 0.507 e. The summed E-state index contributed by atoms with van der Waals surface area (Å²) in [5.74, 6) is 0.164. The Morgan fingerprint density at radius 1 is 1.06 bits per heavy atom. The van der Waals surface area contributed by atoms with Gasteiger partial charge in [-0.3, -0.25) is 5.32 Å². The van der Waals surface area contributed by atoms with Crippen LogP contribution in [0.15, 0.2) is 48.5 Å². The van der Waals surface area contributed by atoms with Gasteiger partial charge in [-0.05, 0) is 12.1 Å². The van der Waals surface area contributed by atoms with Crippen LogP contribution in [-0.2, 0) is 4.74 Å². The molecule has 0 aliphatic rings. The molecule has 0 fully saturated rings. The SMILES string of the molecule is COC(=O)Nc1ccccc1-c1ccccc1O. The Labute approximate surface area is 105 Å². The molecule has 0 bridgehead atoms. The van der Waals surface area contributed by atoms with E-state index in [2.05, 4.69) is 10.1 Å². The highest BCUT2D eigenvalue weighted by Gasteiger charge is 2.10. The molecular formula is C14H13NO3. The number of methoxy groups -OCH3 is 1. The third-order valence-corrected chi connectivity index (χ3v) is 2.54. The van der Waals surface area contributed by atoms with Gasteiger partial charge in [0.25, 0.3) is 0 Å². The molecule has 4 heteroatoms. The van der Waals surface area contributed by atoms with Gasteiger partial charge >= 0.3 is 6.09 Å². The van der Waals surface area contributed by atoms with Crippen molar-refractivity contribution in [1.82, 2.24) is 0 Å². The molecule has 0 aromatic heterocycles. The lowest BCUT2D eigenvalue weighted by Gasteiger charge is -2.11. The van der Waals surface area contributed by atoms with Crippen molar-refractivity contribution < 1.29 is 14.6 Å². The molecule has 0 radical (unpaired) electrons. The lowest BCUT2D eigenvalue weighted by Crippen LogP contribution is -2.11. The molecule has 92 valence electrons. The predicted molar refractivity (Wildman–Crippen MR) is 69.6 cm³/mol. The van der Waals surface area contributed by atoms with E-state index in [0.717, 1.165) is 5.56 Å². The third kappa shape index (κ3) is 2.43. The van der Waals surface area contributed by atoms with Gasteiger partial charge < -0.3 is 9.84 Å². The average Bonchev–Trinajstić information content (AvgIpc) is 2.40. The van der Waals surface area contributed by atoms with Crippen LogP contribution in [0.25, 0.3) is 11.1 Å². The van der Waals surface area contributed by atoms with Gasteiger partial charge in [0.15, 0.2) is 0 Å². The Bertz CT molecular complexity index is 566. The molecule has 0 saturated heterocycles. The van der Waals surface area contributed by atoms with E-state index in [9.17, 15) is 9.90 Å². The van der Waals surface area contributed by atoms with Gasteiger partial charge in [0.05, 0.1) is 12.8 Å². The van der Waals surface area contributed by atoms with E-state index in [-0.39, 0.29) is 5.75 Å². The number of aromatic hydroxyl groups is 1. The fourth-order valence-electron chi connectivity index (χ4n) is 1.69. The number of phenols is 1. The number of ether oxygens (including phenoxy) is 1. The van der Waals surface area contributed by atoms with E-state index in [1.165, 1.54) is 7.11 Å². The summed E-state index contributed by atoms with van der Waals surface area (Å²) < 4.78 is 4.56. The first kappa shape index (κ1) is 12.0. The minimum absolute atomic E-state index is 0.164. The van der Waals surface area contributed by atoms with Crippen molar-refractivity contribution >= 4 is 11.8 Å². The first-order valence-electron chi connectivity index (χ1n) is 5.44. The summed E-state index contributed by atoms with van der Waals surface area (Å²) in [4.78, 5) is 11.3. The molecule has 0 saturated carbocycles. The number of carbonyl (C=O) groups is 1. The molecule has 18 heavy (non-hydrogen) atoms. The molecule has 0 heterocycles. The smallest absolute Gasteiger partial charge is 0.411 e. The molecular weight excluding hydrogens is 230 g/mol. The Balaban J connectivity index is 2.45. The number of rotatable bonds is 2. The van der Waals surface area contributed by atoms with Crippen LogP contribution in [0.2, 0.25) is 0 Å². The average molecular weight is 243 g/mol. The second-order valence-corrected chi connectivity index (χ2v) is 3.68. The summed E-state index contributed by atoms with van der Waals surface area (Å²) in [5, 5.41) is 12.4. The first-order valence-corrected chi connectivity index (χ1v) is 5.44. The summed E-state index contributed by atoms with van der Waals surface area (Å²) in [7, 11) is 1.30. The number of hydrogen-bond donors (Lipinski definition) is 2. The number of nitrogens with one attached hydrogen (secondary N) is 1. The summed E-state index contributed by atoms with van der Waals surface area (Å²) in [5.41, 5.74) is 1.98. The highest BCUT2D eigenvalue weighted by Crippen LogP contribution is 2.33. The second kappa shape index (κ2) is 5.23. The summed E-state index contributed by atoms with van der Waals surface area (Å²) in [6.07, 6.45) is -0.544. The highest BCUT2D eigenvalue weighted by atomic mass is 16.5. The maximum absolute atomic E-state index is 11.3. The Hall–Kier alpha value is -2.49. The molecule has 2 rings (SSSR count). The number of benzene rings is 2. The van der Waals surface area contributed by atoms with E-state index in [0.29, 0.717) is 11.3 Å². The van der Waals surface area contributed by atoms with Crippen molar-refractivity contribution in [1.29, 1.82) is 0 Å². The molecule has 1 amide bonds. The van der Waals surface area contributed by atoms with Crippen molar-refractivity contribution in [2.24, 2.45) is 0 Å². The van der Waals surface area contributed by atoms with Crippen molar-refractivity contribution in [3.63, 3.8) is 0 Å². The van der Waals surface area contributed by atoms with Crippen LogP contribution in [-0.4, -0.2) is 18.3 Å². The summed E-state index contributed by atoms with van der Waals surface area (Å²) in [6, 6.07) is 14.2. The summed E-state index contributed by atoms with van der Waals surface area (Å²) in [6.45, 7) is 0. The zero-order chi connectivity index (χ0) is 13.0. The molecule has 4 nitrogen and oxygen atoms in total. The number of amides is 1. The lowest BCUT2D eigenvalue weighted by atomic mass is 10.0. The van der Waals surface area contributed by atoms with Gasteiger partial charge in [-0.1, -0.05) is 36.4 Å². The predicted octanol–water partition coefficient (Wildman–Crippen LogP) is 3.24. The second-order valence-electron chi connectivity index (χ2n) is 3.68. The molecule has 2 aromatic carbocycles. The lowest BCUT2D eigenvalue weighted by molar-refractivity contribution is 0.187. The molecule has 0 aliphatic carbocycles. The third-order valence-electron chi connectivity index (χ3n) is 2.54. The van der Waals surface area contributed by atoms with Crippen molar-refractivity contribution in [2.75, 3.05) is 12.4 Å². The standard InChI is InChI=1S/C14H13NO3/c1-18-14(17)15-12-8-4-2-6-10(12)11-7-3-5-9-13(11)16/h2-9,16H,1H3,(H,15,17). The quantitative estimate of drug-likeness (QED) is 0.851. The van der Waals surface area contributed by atoms with E-state index in [4.69, 9.17) is 0 Å². The minimum Gasteiger partial charge on any atom is -0.507 e. The van der Waals surface area contributed by atoms with Gasteiger partial charge in [-0.25, -0.2) is 4.79 Å².